The van der Waals surface area contributed by atoms with Gasteiger partial charge in [0.15, 0.2) is 0 Å². The van der Waals surface area contributed by atoms with E-state index in [1.54, 1.807) is 29.6 Å². The van der Waals surface area contributed by atoms with E-state index in [4.69, 9.17) is 14.9 Å². The van der Waals surface area contributed by atoms with Crippen LogP contribution in [0.2, 0.25) is 0 Å². The van der Waals surface area contributed by atoms with Crippen LogP contribution in [0.25, 0.3) is 10.3 Å². The van der Waals surface area contributed by atoms with E-state index in [0.29, 0.717) is 34.4 Å². The van der Waals surface area contributed by atoms with Crippen LogP contribution < -0.4 is 15.5 Å². The average molecular weight is 504 g/mol. The van der Waals surface area contributed by atoms with Crippen molar-refractivity contribution in [2.45, 2.75) is 31.1 Å². The lowest BCUT2D eigenvalue weighted by Gasteiger charge is -2.46. The second kappa shape index (κ2) is 9.85. The molecular weight excluding hydrogens is 485 g/mol. The summed E-state index contributed by atoms with van der Waals surface area (Å²) in [5, 5.41) is 24.5. The number of hydrogen-bond donors (Lipinski definition) is 3. The normalized spacial score (nSPS) is 19.0. The average Bonchev–Trinajstić information content (AvgIpc) is 3.28. The molecule has 0 saturated carbocycles. The number of benzene rings is 1. The number of carbonyl (C=O) groups is 2. The zero-order valence-corrected chi connectivity index (χ0v) is 18.9. The molecule has 5 heterocycles. The van der Waals surface area contributed by atoms with Crippen LogP contribution in [-0.4, -0.2) is 58.3 Å². The molecule has 0 unspecified atom stereocenters. The molecule has 1 amide bonds. The number of aliphatic carboxylic acids is 1. The molecule has 3 N–H and O–H groups in total. The molecule has 0 spiro atoms. The fourth-order valence-electron chi connectivity index (χ4n) is 3.97. The fraction of sp³-hybridized carbons (Fsp3) is 0.318. The van der Waals surface area contributed by atoms with Crippen LogP contribution in [0.15, 0.2) is 35.8 Å². The van der Waals surface area contributed by atoms with Gasteiger partial charge in [-0.3, -0.25) is 4.79 Å². The summed E-state index contributed by atoms with van der Waals surface area (Å²) in [6, 6.07) is 9.98. The molecule has 6 rings (SSSR count). The van der Waals surface area contributed by atoms with Crippen molar-refractivity contribution < 1.29 is 27.9 Å². The third-order valence-corrected chi connectivity index (χ3v) is 6.57. The zero-order valence-electron chi connectivity index (χ0n) is 18.0. The second-order valence-electron chi connectivity index (χ2n) is 7.93. The number of para-hydroxylation sites is 1. The van der Waals surface area contributed by atoms with Gasteiger partial charge in [-0.1, -0.05) is 12.1 Å². The first-order valence-corrected chi connectivity index (χ1v) is 11.4. The third-order valence-electron chi connectivity index (χ3n) is 5.70. The number of carbonyl (C=O) groups excluding carboxylic acids is 1. The van der Waals surface area contributed by atoms with E-state index >= 15 is 0 Å². The van der Waals surface area contributed by atoms with Crippen LogP contribution in [0, 0.1) is 11.3 Å². The summed E-state index contributed by atoms with van der Waals surface area (Å²) in [5.74, 6) is -2.21. The number of nitrogens with one attached hydrogen (secondary N) is 2. The van der Waals surface area contributed by atoms with Gasteiger partial charge in [-0.25, -0.2) is 14.8 Å². The Morgan fingerprint density at radius 1 is 1.29 bits per heavy atom. The Morgan fingerprint density at radius 2 is 2.03 bits per heavy atom. The first-order chi connectivity index (χ1) is 16.7. The maximum absolute atomic E-state index is 12.9. The molecule has 3 saturated heterocycles. The molecule has 2 bridgehead atoms. The van der Waals surface area contributed by atoms with Gasteiger partial charge in [-0.15, -0.1) is 11.3 Å². The molecule has 0 radical (unpaired) electrons. The number of rotatable bonds is 3. The van der Waals surface area contributed by atoms with Gasteiger partial charge < -0.3 is 20.6 Å². The summed E-state index contributed by atoms with van der Waals surface area (Å²) in [4.78, 5) is 34.2. The number of alkyl halides is 3. The van der Waals surface area contributed by atoms with Gasteiger partial charge in [0, 0.05) is 30.6 Å². The number of thiophene rings is 1. The Labute approximate surface area is 201 Å². The highest BCUT2D eigenvalue weighted by molar-refractivity contribution is 7.17. The van der Waals surface area contributed by atoms with Crippen LogP contribution in [0.5, 0.6) is 0 Å². The molecule has 2 aromatic heterocycles. The number of hydrogen-bond acceptors (Lipinski definition) is 8. The Kier molecular flexibility index (Phi) is 6.86. The maximum atomic E-state index is 12.9. The van der Waals surface area contributed by atoms with Crippen LogP contribution >= 0.6 is 11.3 Å². The molecule has 3 aliphatic rings. The molecule has 1 aromatic carbocycles. The predicted molar refractivity (Wildman–Crippen MR) is 122 cm³/mol. The Bertz CT molecular complexity index is 1300. The van der Waals surface area contributed by atoms with E-state index in [0.717, 1.165) is 30.2 Å². The maximum Gasteiger partial charge on any atom is 0.490 e. The van der Waals surface area contributed by atoms with Gasteiger partial charge in [-0.2, -0.15) is 18.4 Å². The molecular formula is C22H19F3N6O3S. The van der Waals surface area contributed by atoms with Gasteiger partial charge in [-0.05, 0) is 25.0 Å². The molecule has 3 aliphatic heterocycles. The van der Waals surface area contributed by atoms with Crippen molar-refractivity contribution in [3.63, 3.8) is 0 Å². The highest BCUT2D eigenvalue weighted by atomic mass is 32.1. The minimum absolute atomic E-state index is 0.276. The van der Waals surface area contributed by atoms with Gasteiger partial charge in [0.05, 0.1) is 23.0 Å². The van der Waals surface area contributed by atoms with E-state index in [1.165, 1.54) is 17.8 Å². The van der Waals surface area contributed by atoms with Crippen molar-refractivity contribution in [3.05, 3.63) is 47.0 Å². The second-order valence-corrected chi connectivity index (χ2v) is 8.79. The predicted octanol–water partition coefficient (Wildman–Crippen LogP) is 3.39. The number of carboxylic acid groups (broad SMARTS) is 1. The number of fused-ring (bicyclic) bond motifs is 4. The number of halogens is 3. The quantitative estimate of drug-likeness (QED) is 0.495. The van der Waals surface area contributed by atoms with E-state index in [-0.39, 0.29) is 5.91 Å². The van der Waals surface area contributed by atoms with Crippen LogP contribution in [0.3, 0.4) is 0 Å². The van der Waals surface area contributed by atoms with Crippen molar-refractivity contribution in [1.82, 2.24) is 15.3 Å². The summed E-state index contributed by atoms with van der Waals surface area (Å²) >= 11 is 1.40. The van der Waals surface area contributed by atoms with Gasteiger partial charge in [0.2, 0.25) is 0 Å². The van der Waals surface area contributed by atoms with Gasteiger partial charge >= 0.3 is 12.1 Å². The minimum atomic E-state index is -5.08. The van der Waals surface area contributed by atoms with Gasteiger partial charge in [0.1, 0.15) is 22.2 Å². The topological polar surface area (TPSA) is 131 Å². The first kappa shape index (κ1) is 24.4. The molecule has 2 atom stereocenters. The number of piperidine rings is 2. The molecule has 35 heavy (non-hydrogen) atoms. The number of piperazine rings is 1. The SMILES string of the molecule is N#Cc1ccccc1NC(=O)c1csc2ncc(N3C[C@@H]4CC[C@H]3CN4)nc12.O=C(O)C(F)(F)F. The molecule has 3 aromatic rings. The lowest BCUT2D eigenvalue weighted by atomic mass is 9.93. The number of carboxylic acids is 1. The number of nitriles is 1. The van der Waals surface area contributed by atoms with Gasteiger partial charge in [0.25, 0.3) is 5.91 Å². The minimum Gasteiger partial charge on any atom is -0.475 e. The summed E-state index contributed by atoms with van der Waals surface area (Å²) in [5.41, 5.74) is 2.03. The van der Waals surface area contributed by atoms with Crippen molar-refractivity contribution in [2.24, 2.45) is 0 Å². The summed E-state index contributed by atoms with van der Waals surface area (Å²) in [6.45, 7) is 1.89. The fourth-order valence-corrected chi connectivity index (χ4v) is 4.80. The summed E-state index contributed by atoms with van der Waals surface area (Å²) in [7, 11) is 0. The molecule has 9 nitrogen and oxygen atoms in total. The number of anilines is 2. The largest absolute Gasteiger partial charge is 0.490 e. The Hall–Kier alpha value is -3.76. The number of aromatic nitrogens is 2. The Balaban J connectivity index is 0.000000364. The monoisotopic (exact) mass is 504 g/mol. The smallest absolute Gasteiger partial charge is 0.475 e. The van der Waals surface area contributed by atoms with Crippen molar-refractivity contribution in [3.8, 4) is 6.07 Å². The lowest BCUT2D eigenvalue weighted by Crippen LogP contribution is -2.61. The summed E-state index contributed by atoms with van der Waals surface area (Å²) in [6.07, 6.45) is -0.924. The molecule has 0 aliphatic carbocycles. The van der Waals surface area contributed by atoms with Crippen LogP contribution in [0.1, 0.15) is 28.8 Å². The first-order valence-electron chi connectivity index (χ1n) is 10.5. The summed E-state index contributed by atoms with van der Waals surface area (Å²) < 4.78 is 31.7. The van der Waals surface area contributed by atoms with Crippen molar-refractivity contribution in [1.29, 1.82) is 5.26 Å². The third kappa shape index (κ3) is 5.33. The standard InChI is InChI=1S/C20H18N6OS.C2HF3O2/c21-7-12-3-1-2-4-16(12)24-19(27)15-11-28-20-18(15)25-17(9-23-20)26-10-13-5-6-14(26)8-22-13;3-2(4,5)1(6)7/h1-4,9,11,13-14,22H,5-6,8,10H2,(H,24,27);(H,6,7)/t13-,14-;/m0./s1. The number of amides is 1. The Morgan fingerprint density at radius 3 is 2.63 bits per heavy atom. The van der Waals surface area contributed by atoms with E-state index in [1.807, 2.05) is 6.20 Å². The molecule has 13 heteroatoms. The van der Waals surface area contributed by atoms with Crippen LogP contribution in [-0.2, 0) is 4.79 Å². The zero-order chi connectivity index (χ0) is 25.2. The van der Waals surface area contributed by atoms with Crippen LogP contribution in [0.4, 0.5) is 24.7 Å². The number of nitrogens with zero attached hydrogens (tertiary/aromatic N) is 4. The van der Waals surface area contributed by atoms with E-state index in [9.17, 15) is 23.2 Å². The molecule has 182 valence electrons. The van der Waals surface area contributed by atoms with E-state index in [2.05, 4.69) is 26.6 Å². The highest BCUT2D eigenvalue weighted by Gasteiger charge is 2.38. The van der Waals surface area contributed by atoms with E-state index < -0.39 is 12.1 Å². The van der Waals surface area contributed by atoms with Crippen molar-refractivity contribution in [2.75, 3.05) is 23.3 Å². The lowest BCUT2D eigenvalue weighted by molar-refractivity contribution is -0.192. The van der Waals surface area contributed by atoms with Crippen molar-refractivity contribution >= 4 is 45.1 Å². The molecule has 3 fully saturated rings. The highest BCUT2D eigenvalue weighted by Crippen LogP contribution is 2.30.